The van der Waals surface area contributed by atoms with Crippen molar-refractivity contribution in [3.05, 3.63) is 76.0 Å². The summed E-state index contributed by atoms with van der Waals surface area (Å²) >= 11 is 0. The van der Waals surface area contributed by atoms with E-state index in [9.17, 15) is 9.59 Å². The van der Waals surface area contributed by atoms with Crippen molar-refractivity contribution in [2.24, 2.45) is 0 Å². The SMILES string of the molecule is Cc1ccc(C(=O)C2CC(=O)Nc3c2c(C)nn3-c2ccc(C)c(C)c2)cc1. The zero-order chi connectivity index (χ0) is 20.0. The zero-order valence-corrected chi connectivity index (χ0v) is 16.5. The van der Waals surface area contributed by atoms with Gasteiger partial charge in [-0.05, 0) is 51.0 Å². The first-order chi connectivity index (χ1) is 13.3. The van der Waals surface area contributed by atoms with Gasteiger partial charge in [0.05, 0.1) is 17.3 Å². The first-order valence-corrected chi connectivity index (χ1v) is 9.43. The molecular weight excluding hydrogens is 350 g/mol. The number of nitrogens with zero attached hydrogens (tertiary/aromatic N) is 2. The summed E-state index contributed by atoms with van der Waals surface area (Å²) in [5.74, 6) is -0.129. The average Bonchev–Trinajstić information content (AvgIpc) is 3.00. The molecule has 1 atom stereocenters. The van der Waals surface area contributed by atoms with Crippen molar-refractivity contribution in [3.63, 3.8) is 0 Å². The van der Waals surface area contributed by atoms with Crippen LogP contribution in [0.15, 0.2) is 42.5 Å². The van der Waals surface area contributed by atoms with Crippen LogP contribution in [0, 0.1) is 27.7 Å². The van der Waals surface area contributed by atoms with Gasteiger partial charge in [0.1, 0.15) is 5.82 Å². The second-order valence-electron chi connectivity index (χ2n) is 7.56. The Kier molecular flexibility index (Phi) is 4.38. The van der Waals surface area contributed by atoms with E-state index in [1.54, 1.807) is 4.68 Å². The van der Waals surface area contributed by atoms with E-state index in [0.717, 1.165) is 28.1 Å². The molecular formula is C23H23N3O2. The van der Waals surface area contributed by atoms with E-state index >= 15 is 0 Å². The third kappa shape index (κ3) is 3.03. The normalized spacial score (nSPS) is 15.9. The van der Waals surface area contributed by atoms with Gasteiger partial charge in [-0.15, -0.1) is 0 Å². The van der Waals surface area contributed by atoms with Crippen molar-refractivity contribution in [3.8, 4) is 5.69 Å². The van der Waals surface area contributed by atoms with Gasteiger partial charge in [-0.25, -0.2) is 4.68 Å². The van der Waals surface area contributed by atoms with Gasteiger partial charge in [-0.2, -0.15) is 5.10 Å². The smallest absolute Gasteiger partial charge is 0.226 e. The molecule has 1 aromatic heterocycles. The average molecular weight is 373 g/mol. The number of ketones is 1. The van der Waals surface area contributed by atoms with E-state index in [-0.39, 0.29) is 18.1 Å². The largest absolute Gasteiger partial charge is 0.310 e. The molecule has 0 spiro atoms. The van der Waals surface area contributed by atoms with Crippen molar-refractivity contribution >= 4 is 17.5 Å². The van der Waals surface area contributed by atoms with Crippen molar-refractivity contribution in [2.75, 3.05) is 5.32 Å². The van der Waals surface area contributed by atoms with Crippen LogP contribution < -0.4 is 5.32 Å². The highest BCUT2D eigenvalue weighted by atomic mass is 16.2. The highest BCUT2D eigenvalue weighted by Crippen LogP contribution is 2.38. The van der Waals surface area contributed by atoms with Gasteiger partial charge in [0, 0.05) is 17.5 Å². The molecule has 28 heavy (non-hydrogen) atoms. The maximum Gasteiger partial charge on any atom is 0.226 e. The van der Waals surface area contributed by atoms with E-state index in [4.69, 9.17) is 0 Å². The van der Waals surface area contributed by atoms with Crippen LogP contribution in [-0.4, -0.2) is 21.5 Å². The number of aryl methyl sites for hydroxylation is 4. The molecule has 0 saturated heterocycles. The van der Waals surface area contributed by atoms with E-state index < -0.39 is 5.92 Å². The molecule has 142 valence electrons. The van der Waals surface area contributed by atoms with E-state index in [2.05, 4.69) is 17.3 Å². The van der Waals surface area contributed by atoms with E-state index in [1.807, 2.05) is 63.2 Å². The molecule has 1 aliphatic rings. The number of benzene rings is 2. The quantitative estimate of drug-likeness (QED) is 0.692. The standard InChI is InChI=1S/C23H23N3O2/c1-13-5-8-17(9-6-13)22(28)19-12-20(27)24-23-21(19)16(4)25-26(23)18-10-7-14(2)15(3)11-18/h5-11,19H,12H2,1-4H3,(H,24,27). The van der Waals surface area contributed by atoms with Crippen molar-refractivity contribution in [1.82, 2.24) is 9.78 Å². The third-order valence-electron chi connectivity index (χ3n) is 5.49. The number of fused-ring (bicyclic) bond motifs is 1. The Labute approximate surface area is 164 Å². The molecule has 1 aliphatic heterocycles. The fourth-order valence-corrected chi connectivity index (χ4v) is 3.73. The lowest BCUT2D eigenvalue weighted by Crippen LogP contribution is -2.28. The summed E-state index contributed by atoms with van der Waals surface area (Å²) in [5.41, 5.74) is 6.50. The summed E-state index contributed by atoms with van der Waals surface area (Å²) in [6, 6.07) is 13.5. The highest BCUT2D eigenvalue weighted by Gasteiger charge is 2.36. The molecule has 2 aromatic carbocycles. The monoisotopic (exact) mass is 373 g/mol. The molecule has 0 aliphatic carbocycles. The number of carbonyl (C=O) groups is 2. The number of hydrogen-bond donors (Lipinski definition) is 1. The molecule has 4 rings (SSSR count). The summed E-state index contributed by atoms with van der Waals surface area (Å²) in [6.07, 6.45) is 0.138. The molecule has 1 amide bonds. The molecule has 5 heteroatoms. The number of Topliss-reactive ketones (excluding diaryl/α,β-unsaturated/α-hetero) is 1. The Morgan fingerprint density at radius 3 is 2.43 bits per heavy atom. The molecule has 1 N–H and O–H groups in total. The summed E-state index contributed by atoms with van der Waals surface area (Å²) < 4.78 is 1.74. The van der Waals surface area contributed by atoms with E-state index in [1.165, 1.54) is 5.56 Å². The predicted octanol–water partition coefficient (Wildman–Crippen LogP) is 4.41. The van der Waals surface area contributed by atoms with Crippen LogP contribution in [0.3, 0.4) is 0 Å². The topological polar surface area (TPSA) is 64.0 Å². The summed E-state index contributed by atoms with van der Waals surface area (Å²) in [7, 11) is 0. The van der Waals surface area contributed by atoms with Crippen molar-refractivity contribution in [1.29, 1.82) is 0 Å². The third-order valence-corrected chi connectivity index (χ3v) is 5.49. The van der Waals surface area contributed by atoms with E-state index in [0.29, 0.717) is 11.4 Å². The maximum atomic E-state index is 13.2. The first kappa shape index (κ1) is 18.2. The number of carbonyl (C=O) groups excluding carboxylic acids is 2. The van der Waals surface area contributed by atoms with Crippen molar-refractivity contribution in [2.45, 2.75) is 40.0 Å². The molecule has 1 unspecified atom stereocenters. The van der Waals surface area contributed by atoms with Crippen LogP contribution in [0.25, 0.3) is 5.69 Å². The maximum absolute atomic E-state index is 13.2. The first-order valence-electron chi connectivity index (χ1n) is 9.43. The minimum atomic E-state index is -0.522. The molecule has 0 saturated carbocycles. The molecule has 0 fully saturated rings. The minimum absolute atomic E-state index is 0.0427. The Morgan fingerprint density at radius 2 is 1.75 bits per heavy atom. The summed E-state index contributed by atoms with van der Waals surface area (Å²) in [6.45, 7) is 7.98. The molecule has 3 aromatic rings. The summed E-state index contributed by atoms with van der Waals surface area (Å²) in [4.78, 5) is 25.6. The van der Waals surface area contributed by atoms with Crippen LogP contribution >= 0.6 is 0 Å². The van der Waals surface area contributed by atoms with Crippen LogP contribution in [0.5, 0.6) is 0 Å². The number of nitrogens with one attached hydrogen (secondary N) is 1. The summed E-state index contributed by atoms with van der Waals surface area (Å²) in [5, 5.41) is 7.59. The Morgan fingerprint density at radius 1 is 1.04 bits per heavy atom. The van der Waals surface area contributed by atoms with Gasteiger partial charge < -0.3 is 5.32 Å². The van der Waals surface area contributed by atoms with Crippen LogP contribution in [0.1, 0.15) is 50.6 Å². The lowest BCUT2D eigenvalue weighted by atomic mass is 9.85. The molecule has 0 radical (unpaired) electrons. The number of hydrogen-bond acceptors (Lipinski definition) is 3. The van der Waals surface area contributed by atoms with Crippen LogP contribution in [0.2, 0.25) is 0 Å². The number of amides is 1. The molecule has 2 heterocycles. The van der Waals surface area contributed by atoms with Gasteiger partial charge in [-0.3, -0.25) is 9.59 Å². The lowest BCUT2D eigenvalue weighted by Gasteiger charge is -2.23. The zero-order valence-electron chi connectivity index (χ0n) is 16.5. The second-order valence-corrected chi connectivity index (χ2v) is 7.56. The van der Waals surface area contributed by atoms with Crippen LogP contribution in [0.4, 0.5) is 5.82 Å². The van der Waals surface area contributed by atoms with Crippen LogP contribution in [-0.2, 0) is 4.79 Å². The minimum Gasteiger partial charge on any atom is -0.310 e. The Balaban J connectivity index is 1.82. The van der Waals surface area contributed by atoms with Gasteiger partial charge in [-0.1, -0.05) is 35.9 Å². The van der Waals surface area contributed by atoms with Gasteiger partial charge in [0.25, 0.3) is 0 Å². The lowest BCUT2D eigenvalue weighted by molar-refractivity contribution is -0.116. The Hall–Kier alpha value is -3.21. The molecule has 5 nitrogen and oxygen atoms in total. The van der Waals surface area contributed by atoms with Gasteiger partial charge in [0.2, 0.25) is 5.91 Å². The highest BCUT2D eigenvalue weighted by molar-refractivity contribution is 6.08. The fraction of sp³-hybridized carbons (Fsp3) is 0.261. The Bertz CT molecular complexity index is 1090. The predicted molar refractivity (Wildman–Crippen MR) is 109 cm³/mol. The molecule has 0 bridgehead atoms. The van der Waals surface area contributed by atoms with Gasteiger partial charge >= 0.3 is 0 Å². The number of anilines is 1. The fourth-order valence-electron chi connectivity index (χ4n) is 3.73. The van der Waals surface area contributed by atoms with Gasteiger partial charge in [0.15, 0.2) is 5.78 Å². The number of aromatic nitrogens is 2. The van der Waals surface area contributed by atoms with Crippen molar-refractivity contribution < 1.29 is 9.59 Å². The number of rotatable bonds is 3. The second kappa shape index (κ2) is 6.75.